The van der Waals surface area contributed by atoms with E-state index in [1.807, 2.05) is 38.1 Å². The van der Waals surface area contributed by atoms with Crippen LogP contribution in [0.2, 0.25) is 0 Å². The summed E-state index contributed by atoms with van der Waals surface area (Å²) in [6, 6.07) is 15.0. The number of amides is 1. The summed E-state index contributed by atoms with van der Waals surface area (Å²) in [6.07, 6.45) is 4.33. The molecule has 2 aromatic rings. The molecular formula is C29H35NO5. The molecule has 1 aliphatic carbocycles. The normalized spacial score (nSPS) is 19.5. The quantitative estimate of drug-likeness (QED) is 0.514. The van der Waals surface area contributed by atoms with E-state index in [9.17, 15) is 14.7 Å². The van der Waals surface area contributed by atoms with Crippen LogP contribution in [0, 0.1) is 5.92 Å². The van der Waals surface area contributed by atoms with Crippen LogP contribution in [0.1, 0.15) is 63.1 Å². The van der Waals surface area contributed by atoms with Gasteiger partial charge in [0.25, 0.3) is 5.91 Å². The largest absolute Gasteiger partial charge is 0.503 e. The average molecular weight is 478 g/mol. The first-order chi connectivity index (χ1) is 16.8. The van der Waals surface area contributed by atoms with Gasteiger partial charge >= 0.3 is 0 Å². The van der Waals surface area contributed by atoms with Crippen molar-refractivity contribution in [3.05, 3.63) is 71.0 Å². The molecule has 0 bridgehead atoms. The number of ether oxygens (including phenoxy) is 2. The van der Waals surface area contributed by atoms with E-state index in [2.05, 4.69) is 12.1 Å². The van der Waals surface area contributed by atoms with Gasteiger partial charge in [0.15, 0.2) is 23.0 Å². The summed E-state index contributed by atoms with van der Waals surface area (Å²) < 4.78 is 10.9. The Morgan fingerprint density at radius 1 is 1.06 bits per heavy atom. The summed E-state index contributed by atoms with van der Waals surface area (Å²) in [4.78, 5) is 28.6. The van der Waals surface area contributed by atoms with Crippen molar-refractivity contribution in [2.75, 3.05) is 20.8 Å². The molecule has 4 rings (SSSR count). The van der Waals surface area contributed by atoms with E-state index in [0.717, 1.165) is 25.7 Å². The molecule has 1 atom stereocenters. The lowest BCUT2D eigenvalue weighted by Crippen LogP contribution is -2.42. The molecule has 2 aliphatic rings. The highest BCUT2D eigenvalue weighted by Gasteiger charge is 2.48. The third-order valence-electron chi connectivity index (χ3n) is 7.34. The predicted octanol–water partition coefficient (Wildman–Crippen LogP) is 5.53. The SMILES string of the molecule is COc1ccc(C2C(C(=O)CC(C)C)=C(O)C(=O)N2CC2(c3ccccc3)CCCC2)cc1OC. The predicted molar refractivity (Wildman–Crippen MR) is 135 cm³/mol. The molecule has 1 amide bonds. The number of aliphatic hydroxyl groups excluding tert-OH is 1. The van der Waals surface area contributed by atoms with Crippen LogP contribution in [0.3, 0.4) is 0 Å². The monoisotopic (exact) mass is 477 g/mol. The maximum absolute atomic E-state index is 13.5. The molecule has 186 valence electrons. The maximum Gasteiger partial charge on any atom is 0.290 e. The Bertz CT molecular complexity index is 1120. The number of hydrogen-bond donors (Lipinski definition) is 1. The number of Topliss-reactive ketones (excluding diaryl/α,β-unsaturated/α-hetero) is 1. The summed E-state index contributed by atoms with van der Waals surface area (Å²) >= 11 is 0. The average Bonchev–Trinajstić information content (AvgIpc) is 3.43. The molecule has 0 saturated heterocycles. The number of hydrogen-bond acceptors (Lipinski definition) is 5. The van der Waals surface area contributed by atoms with E-state index in [1.165, 1.54) is 5.56 Å². The zero-order chi connectivity index (χ0) is 25.2. The van der Waals surface area contributed by atoms with Crippen molar-refractivity contribution in [3.8, 4) is 11.5 Å². The van der Waals surface area contributed by atoms with Gasteiger partial charge in [0, 0.05) is 18.4 Å². The van der Waals surface area contributed by atoms with E-state index in [-0.39, 0.29) is 29.1 Å². The van der Waals surface area contributed by atoms with Gasteiger partial charge in [-0.15, -0.1) is 0 Å². The van der Waals surface area contributed by atoms with Crippen LogP contribution in [0.15, 0.2) is 59.9 Å². The van der Waals surface area contributed by atoms with Gasteiger partial charge in [-0.1, -0.05) is 63.1 Å². The number of methoxy groups -OCH3 is 2. The second-order valence-electron chi connectivity index (χ2n) is 10.1. The van der Waals surface area contributed by atoms with Crippen LogP contribution in [-0.2, 0) is 15.0 Å². The standard InChI is InChI=1S/C29H35NO5/c1-19(2)16-22(31)25-26(20-12-13-23(34-3)24(17-20)35-4)30(28(33)27(25)32)18-29(14-8-9-15-29)21-10-6-5-7-11-21/h5-7,10-13,17,19,26,32H,8-9,14-16,18H2,1-4H3. The number of rotatable bonds is 9. The number of benzene rings is 2. The van der Waals surface area contributed by atoms with Crippen LogP contribution >= 0.6 is 0 Å². The Kier molecular flexibility index (Phi) is 7.20. The fraction of sp³-hybridized carbons (Fsp3) is 0.448. The molecule has 35 heavy (non-hydrogen) atoms. The lowest BCUT2D eigenvalue weighted by molar-refractivity contribution is -0.130. The van der Waals surface area contributed by atoms with E-state index in [4.69, 9.17) is 9.47 Å². The minimum Gasteiger partial charge on any atom is -0.503 e. The third kappa shape index (κ3) is 4.66. The highest BCUT2D eigenvalue weighted by atomic mass is 16.5. The van der Waals surface area contributed by atoms with Crippen molar-refractivity contribution < 1.29 is 24.2 Å². The second-order valence-corrected chi connectivity index (χ2v) is 10.1. The lowest BCUT2D eigenvalue weighted by atomic mass is 9.78. The van der Waals surface area contributed by atoms with Crippen molar-refractivity contribution in [3.63, 3.8) is 0 Å². The van der Waals surface area contributed by atoms with Crippen LogP contribution in [-0.4, -0.2) is 42.5 Å². The molecule has 0 spiro atoms. The van der Waals surface area contributed by atoms with Crippen LogP contribution in [0.25, 0.3) is 0 Å². The molecule has 1 N–H and O–H groups in total. The van der Waals surface area contributed by atoms with Crippen molar-refractivity contribution in [2.45, 2.75) is 57.4 Å². The summed E-state index contributed by atoms with van der Waals surface area (Å²) in [7, 11) is 3.12. The number of aliphatic hydroxyl groups is 1. The Balaban J connectivity index is 1.81. The molecule has 2 aromatic carbocycles. The van der Waals surface area contributed by atoms with E-state index in [1.54, 1.807) is 31.3 Å². The first kappa shape index (κ1) is 24.8. The Labute approximate surface area is 207 Å². The van der Waals surface area contributed by atoms with Gasteiger partial charge in [-0.25, -0.2) is 0 Å². The van der Waals surface area contributed by atoms with E-state index < -0.39 is 17.7 Å². The topological polar surface area (TPSA) is 76.1 Å². The van der Waals surface area contributed by atoms with Crippen LogP contribution in [0.5, 0.6) is 11.5 Å². The summed E-state index contributed by atoms with van der Waals surface area (Å²) in [6.45, 7) is 4.34. The molecule has 6 nitrogen and oxygen atoms in total. The van der Waals surface area contributed by atoms with E-state index in [0.29, 0.717) is 23.6 Å². The zero-order valence-electron chi connectivity index (χ0n) is 21.0. The Morgan fingerprint density at radius 2 is 1.71 bits per heavy atom. The van der Waals surface area contributed by atoms with Crippen molar-refractivity contribution in [1.82, 2.24) is 4.90 Å². The lowest BCUT2D eigenvalue weighted by Gasteiger charge is -2.37. The Morgan fingerprint density at radius 3 is 2.31 bits per heavy atom. The highest BCUT2D eigenvalue weighted by Crippen LogP contribution is 2.47. The molecule has 0 radical (unpaired) electrons. The van der Waals surface area contributed by atoms with Crippen LogP contribution < -0.4 is 9.47 Å². The summed E-state index contributed by atoms with van der Waals surface area (Å²) in [5, 5.41) is 11.0. The van der Waals surface area contributed by atoms with Gasteiger partial charge in [0.1, 0.15) is 0 Å². The Hall–Kier alpha value is -3.28. The van der Waals surface area contributed by atoms with Gasteiger partial charge in [-0.05, 0) is 42.0 Å². The summed E-state index contributed by atoms with van der Waals surface area (Å²) in [5.74, 6) is 0.0533. The van der Waals surface area contributed by atoms with Gasteiger partial charge in [0.2, 0.25) is 0 Å². The first-order valence-corrected chi connectivity index (χ1v) is 12.4. The van der Waals surface area contributed by atoms with Gasteiger partial charge in [-0.3, -0.25) is 9.59 Å². The van der Waals surface area contributed by atoms with Gasteiger partial charge in [-0.2, -0.15) is 0 Å². The second kappa shape index (κ2) is 10.1. The highest BCUT2D eigenvalue weighted by molar-refractivity contribution is 6.09. The van der Waals surface area contributed by atoms with Crippen molar-refractivity contribution >= 4 is 11.7 Å². The van der Waals surface area contributed by atoms with Crippen molar-refractivity contribution in [1.29, 1.82) is 0 Å². The smallest absolute Gasteiger partial charge is 0.290 e. The molecular weight excluding hydrogens is 442 g/mol. The van der Waals surface area contributed by atoms with Gasteiger partial charge < -0.3 is 19.5 Å². The zero-order valence-corrected chi connectivity index (χ0v) is 21.0. The molecule has 1 unspecified atom stereocenters. The number of carbonyl (C=O) groups excluding carboxylic acids is 2. The molecule has 1 saturated carbocycles. The fourth-order valence-corrected chi connectivity index (χ4v) is 5.66. The van der Waals surface area contributed by atoms with Crippen LogP contribution in [0.4, 0.5) is 0 Å². The molecule has 0 aromatic heterocycles. The number of nitrogens with zero attached hydrogens (tertiary/aromatic N) is 1. The first-order valence-electron chi connectivity index (χ1n) is 12.4. The molecule has 1 fully saturated rings. The minimum atomic E-state index is -0.685. The third-order valence-corrected chi connectivity index (χ3v) is 7.34. The van der Waals surface area contributed by atoms with Gasteiger partial charge in [0.05, 0.1) is 25.8 Å². The number of ketones is 1. The number of carbonyl (C=O) groups is 2. The minimum absolute atomic E-state index is 0.100. The molecule has 1 aliphatic heterocycles. The fourth-order valence-electron chi connectivity index (χ4n) is 5.66. The summed E-state index contributed by atoms with van der Waals surface area (Å²) in [5.41, 5.74) is 1.87. The van der Waals surface area contributed by atoms with E-state index >= 15 is 0 Å². The maximum atomic E-state index is 13.5. The molecule has 1 heterocycles. The van der Waals surface area contributed by atoms with Crippen molar-refractivity contribution in [2.24, 2.45) is 5.92 Å². The molecule has 6 heteroatoms.